The second-order valence-electron chi connectivity index (χ2n) is 5.73. The molecule has 0 radical (unpaired) electrons. The first-order valence-corrected chi connectivity index (χ1v) is 10.3. The molecule has 0 aliphatic carbocycles. The molecule has 0 amide bonds. The number of likely N-dealkylation sites (tertiary alicyclic amines) is 2. The number of piperidine rings is 1. The Balaban J connectivity index is 0. The summed E-state index contributed by atoms with van der Waals surface area (Å²) >= 11 is 0. The van der Waals surface area contributed by atoms with Crippen molar-refractivity contribution in [2.75, 3.05) is 46.4 Å². The number of likely N-dealkylation sites (N-methyl/N-ethyl adjacent to an activating group) is 1. The maximum absolute atomic E-state index is 5.83. The molecule has 2 heterocycles. The summed E-state index contributed by atoms with van der Waals surface area (Å²) in [6.45, 7) is 21.4. The lowest BCUT2D eigenvalue weighted by molar-refractivity contribution is -0.0452. The third-order valence-electron chi connectivity index (χ3n) is 4.30. The van der Waals surface area contributed by atoms with Crippen LogP contribution in [0.2, 0.25) is 0 Å². The first-order valence-electron chi connectivity index (χ1n) is 10.3. The van der Waals surface area contributed by atoms with Gasteiger partial charge in [-0.15, -0.1) is 0 Å². The molecular formula is C20H46N2O. The summed E-state index contributed by atoms with van der Waals surface area (Å²) in [6, 6.07) is 0. The average Bonchev–Trinajstić information content (AvgIpc) is 2.62. The fraction of sp³-hybridized carbons (Fsp3) is 1.00. The Labute approximate surface area is 147 Å². The van der Waals surface area contributed by atoms with Crippen LogP contribution in [0.1, 0.15) is 74.1 Å². The zero-order valence-electron chi connectivity index (χ0n) is 17.5. The van der Waals surface area contributed by atoms with Gasteiger partial charge in [-0.25, -0.2) is 0 Å². The SMILES string of the molecule is CC.CC.CC.CCN1CCC(CCCOC2CN(C)C2)CC1. The van der Waals surface area contributed by atoms with Crippen molar-refractivity contribution in [1.29, 1.82) is 0 Å². The van der Waals surface area contributed by atoms with Crippen LogP contribution >= 0.6 is 0 Å². The molecule has 0 N–H and O–H groups in total. The van der Waals surface area contributed by atoms with Gasteiger partial charge in [0.15, 0.2) is 0 Å². The van der Waals surface area contributed by atoms with Crippen LogP contribution in [0.4, 0.5) is 0 Å². The molecule has 0 saturated carbocycles. The number of hydrogen-bond donors (Lipinski definition) is 0. The van der Waals surface area contributed by atoms with Gasteiger partial charge in [-0.1, -0.05) is 48.5 Å². The molecule has 2 aliphatic rings. The minimum absolute atomic E-state index is 0.530. The number of rotatable bonds is 6. The van der Waals surface area contributed by atoms with Crippen LogP contribution in [0.15, 0.2) is 0 Å². The van der Waals surface area contributed by atoms with Crippen molar-refractivity contribution in [3.8, 4) is 0 Å². The quantitative estimate of drug-likeness (QED) is 0.644. The normalized spacial score (nSPS) is 19.3. The highest BCUT2D eigenvalue weighted by molar-refractivity contribution is 4.77. The molecule has 2 rings (SSSR count). The van der Waals surface area contributed by atoms with Gasteiger partial charge in [0.2, 0.25) is 0 Å². The second-order valence-corrected chi connectivity index (χ2v) is 5.73. The molecule has 0 spiro atoms. The van der Waals surface area contributed by atoms with Gasteiger partial charge in [0, 0.05) is 19.7 Å². The van der Waals surface area contributed by atoms with Crippen molar-refractivity contribution in [2.24, 2.45) is 5.92 Å². The lowest BCUT2D eigenvalue weighted by Gasteiger charge is -2.36. The third-order valence-corrected chi connectivity index (χ3v) is 4.30. The maximum Gasteiger partial charge on any atom is 0.0828 e. The van der Waals surface area contributed by atoms with Crippen LogP contribution in [-0.4, -0.2) is 62.3 Å². The van der Waals surface area contributed by atoms with Crippen molar-refractivity contribution >= 4 is 0 Å². The van der Waals surface area contributed by atoms with Gasteiger partial charge in [0.05, 0.1) is 6.10 Å². The van der Waals surface area contributed by atoms with Gasteiger partial charge >= 0.3 is 0 Å². The van der Waals surface area contributed by atoms with E-state index in [-0.39, 0.29) is 0 Å². The summed E-state index contributed by atoms with van der Waals surface area (Å²) in [5.41, 5.74) is 0. The fourth-order valence-corrected chi connectivity index (χ4v) is 2.96. The van der Waals surface area contributed by atoms with E-state index in [9.17, 15) is 0 Å². The van der Waals surface area contributed by atoms with Gasteiger partial charge < -0.3 is 14.5 Å². The van der Waals surface area contributed by atoms with Crippen molar-refractivity contribution in [3.63, 3.8) is 0 Å². The minimum Gasteiger partial charge on any atom is -0.376 e. The molecule has 2 aliphatic heterocycles. The first-order chi connectivity index (χ1) is 11.3. The summed E-state index contributed by atoms with van der Waals surface area (Å²) in [4.78, 5) is 4.88. The first kappa shape index (κ1) is 25.1. The van der Waals surface area contributed by atoms with Crippen molar-refractivity contribution in [3.05, 3.63) is 0 Å². The van der Waals surface area contributed by atoms with E-state index in [4.69, 9.17) is 4.74 Å². The summed E-state index contributed by atoms with van der Waals surface area (Å²) in [6.07, 6.45) is 5.97. The van der Waals surface area contributed by atoms with Crippen LogP contribution in [0, 0.1) is 5.92 Å². The highest BCUT2D eigenvalue weighted by atomic mass is 16.5. The second kappa shape index (κ2) is 18.2. The fourth-order valence-electron chi connectivity index (χ4n) is 2.96. The number of hydrogen-bond acceptors (Lipinski definition) is 3. The van der Waals surface area contributed by atoms with Gasteiger partial charge in [-0.3, -0.25) is 0 Å². The van der Waals surface area contributed by atoms with Crippen molar-refractivity contribution in [1.82, 2.24) is 9.80 Å². The largest absolute Gasteiger partial charge is 0.376 e. The Bertz CT molecular complexity index is 210. The zero-order chi connectivity index (χ0) is 18.1. The Kier molecular flexibility index (Phi) is 19.9. The molecular weight excluding hydrogens is 284 g/mol. The van der Waals surface area contributed by atoms with E-state index in [1.54, 1.807) is 0 Å². The molecule has 2 saturated heterocycles. The van der Waals surface area contributed by atoms with E-state index in [1.165, 1.54) is 45.3 Å². The monoisotopic (exact) mass is 330 g/mol. The predicted octanol–water partition coefficient (Wildman–Crippen LogP) is 4.91. The smallest absolute Gasteiger partial charge is 0.0828 e. The van der Waals surface area contributed by atoms with E-state index >= 15 is 0 Å². The topological polar surface area (TPSA) is 15.7 Å². The molecule has 3 heteroatoms. The molecule has 23 heavy (non-hydrogen) atoms. The molecule has 2 fully saturated rings. The van der Waals surface area contributed by atoms with E-state index in [1.807, 2.05) is 41.5 Å². The highest BCUT2D eigenvalue weighted by Crippen LogP contribution is 2.21. The highest BCUT2D eigenvalue weighted by Gasteiger charge is 2.23. The molecule has 0 bridgehead atoms. The van der Waals surface area contributed by atoms with Gasteiger partial charge in [-0.2, -0.15) is 0 Å². The molecule has 142 valence electrons. The van der Waals surface area contributed by atoms with Crippen LogP contribution in [0.5, 0.6) is 0 Å². The van der Waals surface area contributed by atoms with E-state index in [2.05, 4.69) is 23.8 Å². The average molecular weight is 331 g/mol. The Morgan fingerprint density at radius 3 is 1.87 bits per heavy atom. The van der Waals surface area contributed by atoms with Crippen LogP contribution in [0.25, 0.3) is 0 Å². The van der Waals surface area contributed by atoms with Crippen molar-refractivity contribution in [2.45, 2.75) is 80.3 Å². The van der Waals surface area contributed by atoms with Gasteiger partial charge in [0.25, 0.3) is 0 Å². The summed E-state index contributed by atoms with van der Waals surface area (Å²) in [7, 11) is 2.15. The Hall–Kier alpha value is -0.120. The van der Waals surface area contributed by atoms with Crippen LogP contribution < -0.4 is 0 Å². The lowest BCUT2D eigenvalue weighted by Crippen LogP contribution is -2.49. The summed E-state index contributed by atoms with van der Waals surface area (Å²) in [5.74, 6) is 0.963. The van der Waals surface area contributed by atoms with Gasteiger partial charge in [-0.05, 0) is 58.3 Å². The Morgan fingerprint density at radius 1 is 0.913 bits per heavy atom. The molecule has 0 aromatic rings. The van der Waals surface area contributed by atoms with Crippen LogP contribution in [0.3, 0.4) is 0 Å². The molecule has 0 aromatic carbocycles. The maximum atomic E-state index is 5.83. The standard InChI is InChI=1S/C14H28N2O.3C2H6/c1-3-16-8-6-13(7-9-16)5-4-10-17-14-11-15(2)12-14;3*1-2/h13-14H,3-12H2,1-2H3;3*1-2H3. The van der Waals surface area contributed by atoms with E-state index in [0.717, 1.165) is 25.6 Å². The van der Waals surface area contributed by atoms with E-state index < -0.39 is 0 Å². The van der Waals surface area contributed by atoms with Crippen LogP contribution in [-0.2, 0) is 4.74 Å². The molecule has 0 unspecified atom stereocenters. The zero-order valence-corrected chi connectivity index (χ0v) is 17.5. The van der Waals surface area contributed by atoms with Gasteiger partial charge in [0.1, 0.15) is 0 Å². The van der Waals surface area contributed by atoms with Crippen molar-refractivity contribution < 1.29 is 4.74 Å². The predicted molar refractivity (Wildman–Crippen MR) is 105 cm³/mol. The number of ether oxygens (including phenoxy) is 1. The molecule has 0 aromatic heterocycles. The summed E-state index contributed by atoms with van der Waals surface area (Å²) in [5, 5.41) is 0. The molecule has 3 nitrogen and oxygen atoms in total. The molecule has 0 atom stereocenters. The Morgan fingerprint density at radius 2 is 1.43 bits per heavy atom. The third kappa shape index (κ3) is 12.0. The van der Waals surface area contributed by atoms with E-state index in [0.29, 0.717) is 6.10 Å². The minimum atomic E-state index is 0.530. The lowest BCUT2D eigenvalue weighted by atomic mass is 9.92. The number of nitrogens with zero attached hydrogens (tertiary/aromatic N) is 2. The summed E-state index contributed by atoms with van der Waals surface area (Å²) < 4.78 is 5.83.